The van der Waals surface area contributed by atoms with Gasteiger partial charge in [-0.1, -0.05) is 53.7 Å². The van der Waals surface area contributed by atoms with Crippen molar-refractivity contribution in [1.29, 1.82) is 0 Å². The van der Waals surface area contributed by atoms with Crippen LogP contribution in [-0.2, 0) is 0 Å². The first-order chi connectivity index (χ1) is 10.3. The molecule has 0 unspecified atom stereocenters. The lowest BCUT2D eigenvalue weighted by Crippen LogP contribution is -2.12. The average molecular weight is 278 g/mol. The first-order valence-corrected chi connectivity index (χ1v) is 6.63. The summed E-state index contributed by atoms with van der Waals surface area (Å²) in [5.41, 5.74) is 3.23. The molecule has 104 valence electrons. The SMILES string of the molecule is Cc1oncc1C(=O)Nc1ccccc1-c1ccccc1. The van der Waals surface area contributed by atoms with Gasteiger partial charge in [0, 0.05) is 11.3 Å². The fourth-order valence-electron chi connectivity index (χ4n) is 2.17. The molecule has 0 aliphatic rings. The van der Waals surface area contributed by atoms with Crippen molar-refractivity contribution in [2.45, 2.75) is 6.92 Å². The van der Waals surface area contributed by atoms with Crippen LogP contribution in [0.25, 0.3) is 11.1 Å². The fourth-order valence-corrected chi connectivity index (χ4v) is 2.17. The number of hydrogen-bond donors (Lipinski definition) is 1. The maximum atomic E-state index is 12.3. The molecule has 0 radical (unpaired) electrons. The number of nitrogens with one attached hydrogen (secondary N) is 1. The molecule has 21 heavy (non-hydrogen) atoms. The first-order valence-electron chi connectivity index (χ1n) is 6.63. The van der Waals surface area contributed by atoms with Crippen LogP contribution in [0.2, 0.25) is 0 Å². The van der Waals surface area contributed by atoms with Gasteiger partial charge in [0.05, 0.1) is 6.20 Å². The molecule has 3 aromatic rings. The monoisotopic (exact) mass is 278 g/mol. The Morgan fingerprint density at radius 1 is 1.05 bits per heavy atom. The molecule has 3 rings (SSSR count). The van der Waals surface area contributed by atoms with E-state index in [4.69, 9.17) is 4.52 Å². The largest absolute Gasteiger partial charge is 0.361 e. The third-order valence-corrected chi connectivity index (χ3v) is 3.26. The van der Waals surface area contributed by atoms with Crippen LogP contribution in [0.5, 0.6) is 0 Å². The normalized spacial score (nSPS) is 10.3. The second-order valence-corrected chi connectivity index (χ2v) is 4.66. The number of rotatable bonds is 3. The summed E-state index contributed by atoms with van der Waals surface area (Å²) >= 11 is 0. The van der Waals surface area contributed by atoms with E-state index in [1.54, 1.807) is 6.92 Å². The standard InChI is InChI=1S/C17H14N2O2/c1-12-15(11-18-21-12)17(20)19-16-10-6-5-9-14(16)13-7-3-2-4-8-13/h2-11H,1H3,(H,19,20). The van der Waals surface area contributed by atoms with Gasteiger partial charge in [0.2, 0.25) is 0 Å². The molecule has 0 bridgehead atoms. The zero-order valence-electron chi connectivity index (χ0n) is 11.5. The van der Waals surface area contributed by atoms with E-state index in [0.29, 0.717) is 11.3 Å². The van der Waals surface area contributed by atoms with Gasteiger partial charge in [-0.25, -0.2) is 0 Å². The van der Waals surface area contributed by atoms with Gasteiger partial charge in [0.25, 0.3) is 5.91 Å². The number of benzene rings is 2. The van der Waals surface area contributed by atoms with Gasteiger partial charge >= 0.3 is 0 Å². The van der Waals surface area contributed by atoms with Gasteiger partial charge in [-0.3, -0.25) is 4.79 Å². The molecule has 1 amide bonds. The zero-order valence-corrected chi connectivity index (χ0v) is 11.5. The van der Waals surface area contributed by atoms with E-state index in [2.05, 4.69) is 10.5 Å². The predicted octanol–water partition coefficient (Wildman–Crippen LogP) is 3.90. The number of para-hydroxylation sites is 1. The second kappa shape index (κ2) is 5.63. The van der Waals surface area contributed by atoms with Crippen LogP contribution in [-0.4, -0.2) is 11.1 Å². The summed E-state index contributed by atoms with van der Waals surface area (Å²) < 4.78 is 4.93. The van der Waals surface area contributed by atoms with Crippen LogP contribution in [0, 0.1) is 6.92 Å². The number of amides is 1. The lowest BCUT2D eigenvalue weighted by Gasteiger charge is -2.10. The highest BCUT2D eigenvalue weighted by Crippen LogP contribution is 2.28. The maximum absolute atomic E-state index is 12.3. The number of aryl methyl sites for hydroxylation is 1. The topological polar surface area (TPSA) is 55.1 Å². The molecular weight excluding hydrogens is 264 g/mol. The van der Waals surface area contributed by atoms with Crippen molar-refractivity contribution >= 4 is 11.6 Å². The van der Waals surface area contributed by atoms with Gasteiger partial charge in [0.15, 0.2) is 0 Å². The van der Waals surface area contributed by atoms with Crippen LogP contribution in [0.15, 0.2) is 65.3 Å². The van der Waals surface area contributed by atoms with Gasteiger partial charge in [-0.2, -0.15) is 0 Å². The smallest absolute Gasteiger partial charge is 0.260 e. The molecule has 0 aliphatic carbocycles. The predicted molar refractivity (Wildman–Crippen MR) is 81.1 cm³/mol. The van der Waals surface area contributed by atoms with Crippen molar-refractivity contribution in [3.63, 3.8) is 0 Å². The molecule has 4 nitrogen and oxygen atoms in total. The number of carbonyl (C=O) groups excluding carboxylic acids is 1. The first kappa shape index (κ1) is 13.1. The number of hydrogen-bond acceptors (Lipinski definition) is 3. The number of carbonyl (C=O) groups is 1. The summed E-state index contributed by atoms with van der Waals surface area (Å²) in [5.74, 6) is 0.279. The van der Waals surface area contributed by atoms with E-state index in [1.807, 2.05) is 54.6 Å². The summed E-state index contributed by atoms with van der Waals surface area (Å²) in [6.45, 7) is 1.71. The third-order valence-electron chi connectivity index (χ3n) is 3.26. The van der Waals surface area contributed by atoms with E-state index in [9.17, 15) is 4.79 Å². The van der Waals surface area contributed by atoms with Crippen molar-refractivity contribution in [3.8, 4) is 11.1 Å². The van der Waals surface area contributed by atoms with Gasteiger partial charge in [0.1, 0.15) is 11.3 Å². The Balaban J connectivity index is 1.94. The average Bonchev–Trinajstić information content (AvgIpc) is 2.95. The summed E-state index contributed by atoms with van der Waals surface area (Å²) in [6, 6.07) is 17.6. The molecule has 0 aliphatic heterocycles. The van der Waals surface area contributed by atoms with E-state index >= 15 is 0 Å². The molecule has 0 fully saturated rings. The van der Waals surface area contributed by atoms with Crippen molar-refractivity contribution < 1.29 is 9.32 Å². The summed E-state index contributed by atoms with van der Waals surface area (Å²) in [7, 11) is 0. The minimum atomic E-state index is -0.225. The highest BCUT2D eigenvalue weighted by Gasteiger charge is 2.14. The van der Waals surface area contributed by atoms with Crippen LogP contribution in [0.4, 0.5) is 5.69 Å². The Morgan fingerprint density at radius 2 is 1.76 bits per heavy atom. The van der Waals surface area contributed by atoms with E-state index < -0.39 is 0 Å². The molecule has 0 spiro atoms. The lowest BCUT2D eigenvalue weighted by molar-refractivity contribution is 0.102. The Labute approximate surface area is 122 Å². The molecule has 0 saturated carbocycles. The van der Waals surface area contributed by atoms with Gasteiger partial charge in [-0.05, 0) is 18.6 Å². The Kier molecular flexibility index (Phi) is 3.51. The Morgan fingerprint density at radius 3 is 2.48 bits per heavy atom. The highest BCUT2D eigenvalue weighted by molar-refractivity contribution is 6.06. The lowest BCUT2D eigenvalue weighted by atomic mass is 10.0. The van der Waals surface area contributed by atoms with Crippen LogP contribution in [0.1, 0.15) is 16.1 Å². The van der Waals surface area contributed by atoms with Crippen LogP contribution >= 0.6 is 0 Å². The molecule has 4 heteroatoms. The number of anilines is 1. The zero-order chi connectivity index (χ0) is 14.7. The summed E-state index contributed by atoms with van der Waals surface area (Å²) in [4.78, 5) is 12.3. The third kappa shape index (κ3) is 2.69. The van der Waals surface area contributed by atoms with Crippen molar-refractivity contribution in [1.82, 2.24) is 5.16 Å². The van der Waals surface area contributed by atoms with E-state index in [-0.39, 0.29) is 5.91 Å². The van der Waals surface area contributed by atoms with Crippen LogP contribution in [0.3, 0.4) is 0 Å². The van der Waals surface area contributed by atoms with Crippen molar-refractivity contribution in [2.75, 3.05) is 5.32 Å². The number of aromatic nitrogens is 1. The second-order valence-electron chi connectivity index (χ2n) is 4.66. The van der Waals surface area contributed by atoms with Gasteiger partial charge in [-0.15, -0.1) is 0 Å². The van der Waals surface area contributed by atoms with Crippen LogP contribution < -0.4 is 5.32 Å². The summed E-state index contributed by atoms with van der Waals surface area (Å²) in [6.07, 6.45) is 1.43. The van der Waals surface area contributed by atoms with Crippen molar-refractivity contribution in [2.24, 2.45) is 0 Å². The summed E-state index contributed by atoms with van der Waals surface area (Å²) in [5, 5.41) is 6.54. The fraction of sp³-hybridized carbons (Fsp3) is 0.0588. The maximum Gasteiger partial charge on any atom is 0.260 e. The number of nitrogens with zero attached hydrogens (tertiary/aromatic N) is 1. The molecule has 1 aromatic heterocycles. The molecule has 0 atom stereocenters. The minimum absolute atomic E-state index is 0.225. The molecule has 1 N–H and O–H groups in total. The molecular formula is C17H14N2O2. The Hall–Kier alpha value is -2.88. The van der Waals surface area contributed by atoms with E-state index in [0.717, 1.165) is 16.8 Å². The van der Waals surface area contributed by atoms with Gasteiger partial charge < -0.3 is 9.84 Å². The molecule has 2 aromatic carbocycles. The quantitative estimate of drug-likeness (QED) is 0.790. The highest BCUT2D eigenvalue weighted by atomic mass is 16.5. The molecule has 0 saturated heterocycles. The van der Waals surface area contributed by atoms with E-state index in [1.165, 1.54) is 6.20 Å². The minimum Gasteiger partial charge on any atom is -0.361 e. The van der Waals surface area contributed by atoms with Crippen molar-refractivity contribution in [3.05, 3.63) is 72.1 Å². The molecule has 1 heterocycles. The Bertz CT molecular complexity index is 763.